The molecule has 0 radical (unpaired) electrons. The Morgan fingerprint density at radius 3 is 2.45 bits per heavy atom. The number of amides is 5. The highest BCUT2D eigenvalue weighted by Gasteiger charge is 2.45. The Morgan fingerprint density at radius 1 is 0.984 bits per heavy atom. The number of nitrogens with one attached hydrogen (secondary N) is 2. The van der Waals surface area contributed by atoms with E-state index < -0.39 is 24.4 Å². The lowest BCUT2D eigenvalue weighted by molar-refractivity contribution is -0.117. The molecule has 2 unspecified atom stereocenters. The molecule has 2 aromatic heterocycles. The second kappa shape index (κ2) is 19.3. The van der Waals surface area contributed by atoms with Crippen molar-refractivity contribution in [3.8, 4) is 11.5 Å². The summed E-state index contributed by atoms with van der Waals surface area (Å²) in [6.07, 6.45) is 0.926. The molecule has 0 bridgehead atoms. The van der Waals surface area contributed by atoms with Gasteiger partial charge in [-0.15, -0.1) is 11.3 Å². The molecule has 1 fully saturated rings. The van der Waals surface area contributed by atoms with Gasteiger partial charge in [0.05, 0.1) is 41.9 Å². The number of aliphatic hydroxyl groups excluding tert-OH is 1. The maximum atomic E-state index is 13.9. The summed E-state index contributed by atoms with van der Waals surface area (Å²) in [4.78, 5) is 83.3. The highest BCUT2D eigenvalue weighted by Crippen LogP contribution is 2.41. The predicted octanol–water partition coefficient (Wildman–Crippen LogP) is 5.54. The number of hydrogen-bond acceptors (Lipinski definition) is 12. The van der Waals surface area contributed by atoms with E-state index in [1.165, 1.54) is 35.5 Å². The van der Waals surface area contributed by atoms with Crippen LogP contribution in [-0.2, 0) is 34.4 Å². The normalized spacial score (nSPS) is 16.1. The summed E-state index contributed by atoms with van der Waals surface area (Å²) in [6, 6.07) is 17.4. The Labute approximate surface area is 373 Å². The third-order valence-electron chi connectivity index (χ3n) is 11.1. The molecule has 64 heavy (non-hydrogen) atoms. The molecule has 18 heteroatoms. The van der Waals surface area contributed by atoms with E-state index in [1.807, 2.05) is 24.3 Å². The van der Waals surface area contributed by atoms with Gasteiger partial charge in [0, 0.05) is 68.7 Å². The summed E-state index contributed by atoms with van der Waals surface area (Å²) in [6.45, 7) is 1.85. The average Bonchev–Trinajstić information content (AvgIpc) is 4.02. The van der Waals surface area contributed by atoms with E-state index in [0.717, 1.165) is 20.5 Å². The standard InChI is InChI=1S/C46H51N7O10S/c1-26(47)42(56)48-31-13-10-27(11-14-31)25-63-46(60)53-34-23-37(36(61-5)22-32(34)43(57)52-16-6-8-33(52)44(53)58)62-17-7-9-41(55)49-40-21-30(24-51(40)4)35(54)19-28-12-15-38-29(18-28)20-39(64-38)45(59)50(2)3/h10-15,18,20-24,26,33,44,58H,6-9,16-17,19,25,47H2,1-5H3,(H,48,56)(H,49,55)/t26?,33-,44?/m0/s1. The number of anilines is 3. The quantitative estimate of drug-likeness (QED) is 0.0757. The number of benzene rings is 3. The van der Waals surface area contributed by atoms with E-state index in [0.29, 0.717) is 46.9 Å². The number of aromatic nitrogens is 1. The largest absolute Gasteiger partial charge is 0.493 e. The predicted molar refractivity (Wildman–Crippen MR) is 241 cm³/mol. The van der Waals surface area contributed by atoms with Crippen LogP contribution in [0.1, 0.15) is 74.1 Å². The summed E-state index contributed by atoms with van der Waals surface area (Å²) in [5.41, 5.74) is 8.20. The zero-order valence-electron chi connectivity index (χ0n) is 36.2. The topological polar surface area (TPSA) is 215 Å². The van der Waals surface area contributed by atoms with E-state index in [1.54, 1.807) is 74.1 Å². The molecule has 0 spiro atoms. The van der Waals surface area contributed by atoms with Crippen molar-refractivity contribution in [2.24, 2.45) is 12.8 Å². The van der Waals surface area contributed by atoms with Gasteiger partial charge >= 0.3 is 6.09 Å². The molecule has 5 N–H and O–H groups in total. The van der Waals surface area contributed by atoms with Gasteiger partial charge in [0.2, 0.25) is 11.8 Å². The average molecular weight is 894 g/mol. The Hall–Kier alpha value is -6.76. The molecule has 0 aliphatic carbocycles. The Morgan fingerprint density at radius 2 is 1.73 bits per heavy atom. The van der Waals surface area contributed by atoms with Crippen molar-refractivity contribution in [3.05, 3.63) is 100 Å². The number of hydrogen-bond donors (Lipinski definition) is 4. The molecule has 1 saturated heterocycles. The van der Waals surface area contributed by atoms with Gasteiger partial charge in [0.25, 0.3) is 11.8 Å². The summed E-state index contributed by atoms with van der Waals surface area (Å²) in [7, 11) is 6.56. The van der Waals surface area contributed by atoms with Crippen LogP contribution in [0.25, 0.3) is 10.1 Å². The molecule has 5 aromatic rings. The number of nitrogens with two attached hydrogens (primary N) is 1. The first-order chi connectivity index (χ1) is 30.6. The van der Waals surface area contributed by atoms with Crippen LogP contribution in [0.2, 0.25) is 0 Å². The smallest absolute Gasteiger partial charge is 0.416 e. The van der Waals surface area contributed by atoms with Gasteiger partial charge in [-0.25, -0.2) is 9.69 Å². The van der Waals surface area contributed by atoms with Crippen molar-refractivity contribution >= 4 is 74.1 Å². The van der Waals surface area contributed by atoms with Gasteiger partial charge < -0.3 is 50.1 Å². The maximum absolute atomic E-state index is 13.9. The van der Waals surface area contributed by atoms with Crippen LogP contribution in [0.15, 0.2) is 72.9 Å². The number of fused-ring (bicyclic) bond motifs is 3. The van der Waals surface area contributed by atoms with Crippen LogP contribution in [-0.4, -0.2) is 108 Å². The van der Waals surface area contributed by atoms with E-state index in [-0.39, 0.29) is 84.6 Å². The minimum Gasteiger partial charge on any atom is -0.493 e. The van der Waals surface area contributed by atoms with Crippen LogP contribution in [0.4, 0.5) is 22.0 Å². The monoisotopic (exact) mass is 893 g/mol. The number of aliphatic hydroxyl groups is 1. The number of rotatable bonds is 15. The molecular formula is C46H51N7O10S. The number of carbonyl (C=O) groups excluding carboxylic acids is 6. The summed E-state index contributed by atoms with van der Waals surface area (Å²) in [5, 5.41) is 18.1. The first-order valence-electron chi connectivity index (χ1n) is 20.8. The Kier molecular flexibility index (Phi) is 13.7. The molecule has 0 saturated carbocycles. The third kappa shape index (κ3) is 9.88. The van der Waals surface area contributed by atoms with Crippen molar-refractivity contribution in [1.29, 1.82) is 0 Å². The molecule has 3 aromatic carbocycles. The van der Waals surface area contributed by atoms with E-state index >= 15 is 0 Å². The van der Waals surface area contributed by atoms with Crippen molar-refractivity contribution in [2.45, 2.75) is 63.9 Å². The number of nitrogens with zero attached hydrogens (tertiary/aromatic N) is 4. The van der Waals surface area contributed by atoms with Crippen LogP contribution >= 0.6 is 11.3 Å². The number of ether oxygens (including phenoxy) is 3. The highest BCUT2D eigenvalue weighted by molar-refractivity contribution is 7.20. The SMILES string of the molecule is COc1cc2c(cc1OCCCC(=O)Nc1cc(C(=O)Cc3ccc4sc(C(=O)N(C)C)cc4c3)cn1C)N(C(=O)OCc1ccc(NC(=O)C(C)N)cc1)C(O)[C@@H]1CCCN1C2=O. The first kappa shape index (κ1) is 45.3. The van der Waals surface area contributed by atoms with Gasteiger partial charge in [-0.1, -0.05) is 18.2 Å². The van der Waals surface area contributed by atoms with Crippen LogP contribution in [0.3, 0.4) is 0 Å². The summed E-state index contributed by atoms with van der Waals surface area (Å²) >= 11 is 1.41. The van der Waals surface area contributed by atoms with Gasteiger partial charge in [-0.2, -0.15) is 0 Å². The van der Waals surface area contributed by atoms with E-state index in [2.05, 4.69) is 10.6 Å². The third-order valence-corrected chi connectivity index (χ3v) is 12.2. The van der Waals surface area contributed by atoms with Crippen LogP contribution in [0.5, 0.6) is 11.5 Å². The molecule has 2 aliphatic rings. The molecule has 3 atom stereocenters. The van der Waals surface area contributed by atoms with E-state index in [9.17, 15) is 33.9 Å². The highest BCUT2D eigenvalue weighted by atomic mass is 32.1. The lowest BCUT2D eigenvalue weighted by atomic mass is 10.0. The second-order valence-electron chi connectivity index (χ2n) is 16.0. The maximum Gasteiger partial charge on any atom is 0.416 e. The minimum absolute atomic E-state index is 0.0506. The first-order valence-corrected chi connectivity index (χ1v) is 21.6. The summed E-state index contributed by atoms with van der Waals surface area (Å²) < 4.78 is 20.0. The van der Waals surface area contributed by atoms with Gasteiger partial charge in [0.15, 0.2) is 23.5 Å². The Balaban J connectivity index is 0.978. The molecule has 4 heterocycles. The number of thiophene rings is 1. The van der Waals surface area contributed by atoms with Gasteiger partial charge in [-0.3, -0.25) is 24.0 Å². The fraction of sp³-hybridized carbons (Fsp3) is 0.348. The lowest BCUT2D eigenvalue weighted by Crippen LogP contribution is -2.50. The van der Waals surface area contributed by atoms with Gasteiger partial charge in [0.1, 0.15) is 12.4 Å². The molecule has 17 nitrogen and oxygen atoms in total. The van der Waals surface area contributed by atoms with Crippen LogP contribution in [0, 0.1) is 0 Å². The molecular weight excluding hydrogens is 843 g/mol. The van der Waals surface area contributed by atoms with Crippen molar-refractivity contribution in [3.63, 3.8) is 0 Å². The zero-order chi connectivity index (χ0) is 45.8. The molecule has 2 aliphatic heterocycles. The lowest BCUT2D eigenvalue weighted by Gasteiger charge is -2.31. The van der Waals surface area contributed by atoms with Crippen molar-refractivity contribution < 1.29 is 48.1 Å². The number of methoxy groups -OCH3 is 1. The van der Waals surface area contributed by atoms with Crippen molar-refractivity contribution in [1.82, 2.24) is 14.4 Å². The molecule has 5 amide bonds. The Bertz CT molecular complexity index is 2600. The second-order valence-corrected chi connectivity index (χ2v) is 17.1. The summed E-state index contributed by atoms with van der Waals surface area (Å²) in [5.74, 6) is -0.401. The number of ketones is 1. The fourth-order valence-electron chi connectivity index (χ4n) is 7.65. The number of aryl methyl sites for hydroxylation is 1. The fourth-order valence-corrected chi connectivity index (χ4v) is 8.72. The van der Waals surface area contributed by atoms with Crippen LogP contribution < -0.4 is 30.7 Å². The zero-order valence-corrected chi connectivity index (χ0v) is 37.0. The number of carbonyl (C=O) groups is 6. The molecule has 7 rings (SSSR count). The number of Topliss-reactive ketones (excluding diaryl/α,β-unsaturated/α-hetero) is 1. The minimum atomic E-state index is -1.43. The van der Waals surface area contributed by atoms with Crippen molar-refractivity contribution in [2.75, 3.05) is 49.9 Å². The van der Waals surface area contributed by atoms with Gasteiger partial charge in [-0.05, 0) is 85.2 Å². The van der Waals surface area contributed by atoms with E-state index in [4.69, 9.17) is 19.9 Å². The molecule has 336 valence electrons.